The molecule has 1 aromatic heterocycles. The van der Waals surface area contributed by atoms with Gasteiger partial charge in [-0.2, -0.15) is 0 Å². The van der Waals surface area contributed by atoms with E-state index in [2.05, 4.69) is 4.98 Å². The van der Waals surface area contributed by atoms with Crippen molar-refractivity contribution in [3.05, 3.63) is 66.1 Å². The normalized spacial score (nSPS) is 10.6. The number of halogens is 2. The average Bonchev–Trinajstić information content (AvgIpc) is 3.03. The van der Waals surface area contributed by atoms with Crippen molar-refractivity contribution in [1.29, 1.82) is 0 Å². The maximum Gasteiger partial charge on any atom is 0.226 e. The minimum atomic E-state index is -0.503. The highest BCUT2D eigenvalue weighted by molar-refractivity contribution is 5.52. The Morgan fingerprint density at radius 1 is 1.09 bits per heavy atom. The van der Waals surface area contributed by atoms with Crippen LogP contribution in [-0.2, 0) is 6.61 Å². The van der Waals surface area contributed by atoms with Crippen LogP contribution in [0.25, 0.3) is 11.5 Å². The predicted molar refractivity (Wildman–Crippen MR) is 79.2 cm³/mol. The fourth-order valence-corrected chi connectivity index (χ4v) is 1.99. The molecule has 0 fully saturated rings. The summed E-state index contributed by atoms with van der Waals surface area (Å²) in [6.45, 7) is 0.121. The molecule has 0 aliphatic heterocycles. The molecule has 0 aliphatic carbocycles. The van der Waals surface area contributed by atoms with Crippen molar-refractivity contribution in [2.75, 3.05) is 7.11 Å². The zero-order valence-corrected chi connectivity index (χ0v) is 12.3. The van der Waals surface area contributed by atoms with E-state index in [0.717, 1.165) is 0 Å². The molecule has 118 valence electrons. The Morgan fingerprint density at radius 3 is 2.57 bits per heavy atom. The van der Waals surface area contributed by atoms with Gasteiger partial charge in [0.1, 0.15) is 30.1 Å². The zero-order chi connectivity index (χ0) is 16.2. The topological polar surface area (TPSA) is 44.5 Å². The summed E-state index contributed by atoms with van der Waals surface area (Å²) in [5, 5.41) is 0. The predicted octanol–water partition coefficient (Wildman–Crippen LogP) is 4.21. The van der Waals surface area contributed by atoms with Crippen molar-refractivity contribution < 1.29 is 22.7 Å². The Labute approximate surface area is 131 Å². The number of rotatable bonds is 5. The van der Waals surface area contributed by atoms with Gasteiger partial charge in [0.05, 0.1) is 7.11 Å². The highest BCUT2D eigenvalue weighted by Crippen LogP contribution is 2.23. The number of nitrogens with zero attached hydrogens (tertiary/aromatic N) is 1. The van der Waals surface area contributed by atoms with Gasteiger partial charge in [-0.05, 0) is 36.4 Å². The minimum absolute atomic E-state index is 0.121. The van der Waals surface area contributed by atoms with Crippen LogP contribution >= 0.6 is 0 Å². The molecule has 3 rings (SSSR count). The van der Waals surface area contributed by atoms with Gasteiger partial charge in [0.2, 0.25) is 5.89 Å². The van der Waals surface area contributed by atoms with E-state index in [1.54, 1.807) is 18.2 Å². The van der Waals surface area contributed by atoms with Gasteiger partial charge in [0.25, 0.3) is 0 Å². The number of methoxy groups -OCH3 is 1. The molecule has 0 N–H and O–H groups in total. The van der Waals surface area contributed by atoms with Gasteiger partial charge in [-0.25, -0.2) is 13.8 Å². The largest absolute Gasteiger partial charge is 0.494 e. The molecule has 0 unspecified atom stereocenters. The first kappa shape index (κ1) is 15.0. The fraction of sp³-hybridized carbons (Fsp3) is 0.118. The molecule has 0 aliphatic rings. The fourth-order valence-electron chi connectivity index (χ4n) is 1.99. The van der Waals surface area contributed by atoms with E-state index in [9.17, 15) is 8.78 Å². The van der Waals surface area contributed by atoms with E-state index in [0.29, 0.717) is 22.9 Å². The molecule has 2 aromatic carbocycles. The van der Waals surface area contributed by atoms with Crippen molar-refractivity contribution >= 4 is 0 Å². The second kappa shape index (κ2) is 6.48. The van der Waals surface area contributed by atoms with Crippen LogP contribution in [0.2, 0.25) is 0 Å². The molecule has 23 heavy (non-hydrogen) atoms. The average molecular weight is 317 g/mol. The standard InChI is InChI=1S/C17H13F2NO3/c1-21-16-7-6-14(8-15(16)19)22-9-13-10-23-17(20-13)11-2-4-12(18)5-3-11/h2-8,10H,9H2,1H3. The first-order chi connectivity index (χ1) is 11.2. The van der Waals surface area contributed by atoms with Crippen molar-refractivity contribution in [3.63, 3.8) is 0 Å². The third-order valence-corrected chi connectivity index (χ3v) is 3.15. The van der Waals surface area contributed by atoms with Gasteiger partial charge in [0.15, 0.2) is 11.6 Å². The summed E-state index contributed by atoms with van der Waals surface area (Å²) >= 11 is 0. The van der Waals surface area contributed by atoms with E-state index in [1.165, 1.54) is 37.6 Å². The summed E-state index contributed by atoms with van der Waals surface area (Å²) in [6, 6.07) is 10.1. The SMILES string of the molecule is COc1ccc(OCc2coc(-c3ccc(F)cc3)n2)cc1F. The Hall–Kier alpha value is -2.89. The summed E-state index contributed by atoms with van der Waals surface area (Å²) in [4.78, 5) is 4.25. The molecule has 0 saturated carbocycles. The molecule has 4 nitrogen and oxygen atoms in total. The number of oxazole rings is 1. The molecule has 6 heteroatoms. The van der Waals surface area contributed by atoms with Gasteiger partial charge in [-0.15, -0.1) is 0 Å². The molecular weight excluding hydrogens is 304 g/mol. The summed E-state index contributed by atoms with van der Waals surface area (Å²) < 4.78 is 42.1. The lowest BCUT2D eigenvalue weighted by atomic mass is 10.2. The highest BCUT2D eigenvalue weighted by atomic mass is 19.1. The Balaban J connectivity index is 1.67. The second-order valence-corrected chi connectivity index (χ2v) is 4.74. The maximum absolute atomic E-state index is 13.6. The highest BCUT2D eigenvalue weighted by Gasteiger charge is 2.09. The molecular formula is C17H13F2NO3. The van der Waals surface area contributed by atoms with Crippen LogP contribution in [0.4, 0.5) is 8.78 Å². The van der Waals surface area contributed by atoms with Crippen LogP contribution in [0, 0.1) is 11.6 Å². The molecule has 0 amide bonds. The Bertz CT molecular complexity index is 800. The van der Waals surface area contributed by atoms with Crippen LogP contribution in [0.1, 0.15) is 5.69 Å². The molecule has 0 atom stereocenters. The second-order valence-electron chi connectivity index (χ2n) is 4.74. The number of aromatic nitrogens is 1. The molecule has 0 radical (unpaired) electrons. The van der Waals surface area contributed by atoms with Crippen molar-refractivity contribution in [3.8, 4) is 23.0 Å². The first-order valence-corrected chi connectivity index (χ1v) is 6.82. The zero-order valence-electron chi connectivity index (χ0n) is 12.3. The van der Waals surface area contributed by atoms with Crippen LogP contribution < -0.4 is 9.47 Å². The minimum Gasteiger partial charge on any atom is -0.494 e. The molecule has 3 aromatic rings. The van der Waals surface area contributed by atoms with E-state index in [1.807, 2.05) is 0 Å². The van der Waals surface area contributed by atoms with Gasteiger partial charge >= 0.3 is 0 Å². The van der Waals surface area contributed by atoms with Gasteiger partial charge in [0, 0.05) is 11.6 Å². The third kappa shape index (κ3) is 3.48. The molecule has 1 heterocycles. The number of ether oxygens (including phenoxy) is 2. The monoisotopic (exact) mass is 317 g/mol. The molecule has 0 saturated heterocycles. The summed E-state index contributed by atoms with van der Waals surface area (Å²) in [5.41, 5.74) is 1.20. The van der Waals surface area contributed by atoms with E-state index < -0.39 is 5.82 Å². The van der Waals surface area contributed by atoms with Gasteiger partial charge < -0.3 is 13.9 Å². The summed E-state index contributed by atoms with van der Waals surface area (Å²) in [5.74, 6) is 0.0408. The lowest BCUT2D eigenvalue weighted by Crippen LogP contribution is -1.97. The van der Waals surface area contributed by atoms with Crippen LogP contribution in [0.3, 0.4) is 0 Å². The third-order valence-electron chi connectivity index (χ3n) is 3.15. The summed E-state index contributed by atoms with van der Waals surface area (Å²) in [6.07, 6.45) is 1.44. The maximum atomic E-state index is 13.6. The summed E-state index contributed by atoms with van der Waals surface area (Å²) in [7, 11) is 1.39. The van der Waals surface area contributed by atoms with Crippen LogP contribution in [0.5, 0.6) is 11.5 Å². The Morgan fingerprint density at radius 2 is 1.87 bits per heavy atom. The van der Waals surface area contributed by atoms with E-state index in [4.69, 9.17) is 13.9 Å². The van der Waals surface area contributed by atoms with E-state index in [-0.39, 0.29) is 18.2 Å². The number of benzene rings is 2. The molecule has 0 bridgehead atoms. The van der Waals surface area contributed by atoms with Crippen LogP contribution in [-0.4, -0.2) is 12.1 Å². The smallest absolute Gasteiger partial charge is 0.226 e. The lowest BCUT2D eigenvalue weighted by molar-refractivity contribution is 0.297. The quantitative estimate of drug-likeness (QED) is 0.707. The number of hydrogen-bond donors (Lipinski definition) is 0. The van der Waals surface area contributed by atoms with Gasteiger partial charge in [-0.3, -0.25) is 0 Å². The van der Waals surface area contributed by atoms with Gasteiger partial charge in [-0.1, -0.05) is 0 Å². The molecule has 0 spiro atoms. The van der Waals surface area contributed by atoms with E-state index >= 15 is 0 Å². The van der Waals surface area contributed by atoms with Crippen molar-refractivity contribution in [2.45, 2.75) is 6.61 Å². The van der Waals surface area contributed by atoms with Crippen molar-refractivity contribution in [2.24, 2.45) is 0 Å². The Kier molecular flexibility index (Phi) is 4.23. The number of hydrogen-bond acceptors (Lipinski definition) is 4. The first-order valence-electron chi connectivity index (χ1n) is 6.82. The van der Waals surface area contributed by atoms with Crippen molar-refractivity contribution in [1.82, 2.24) is 4.98 Å². The lowest BCUT2D eigenvalue weighted by Gasteiger charge is -2.06. The van der Waals surface area contributed by atoms with Crippen LogP contribution in [0.15, 0.2) is 53.1 Å².